The Morgan fingerprint density at radius 3 is 1.63 bits per heavy atom. The first-order valence-electron chi connectivity index (χ1n) is 9.41. The summed E-state index contributed by atoms with van der Waals surface area (Å²) in [4.78, 5) is 0. The van der Waals surface area contributed by atoms with Crippen molar-refractivity contribution < 1.29 is 8.78 Å². The highest BCUT2D eigenvalue weighted by Gasteiger charge is 2.16. The van der Waals surface area contributed by atoms with Crippen LogP contribution in [0.5, 0.6) is 0 Å². The second-order valence-corrected chi connectivity index (χ2v) is 6.64. The molecule has 2 heteroatoms. The molecule has 0 aliphatic rings. The number of benzene rings is 3. The van der Waals surface area contributed by atoms with Crippen LogP contribution < -0.4 is 0 Å². The van der Waals surface area contributed by atoms with E-state index in [-0.39, 0.29) is 0 Å². The van der Waals surface area contributed by atoms with Gasteiger partial charge in [-0.25, -0.2) is 8.78 Å². The lowest BCUT2D eigenvalue weighted by Gasteiger charge is -2.10. The fourth-order valence-corrected chi connectivity index (χ4v) is 3.18. The number of hydrogen-bond acceptors (Lipinski definition) is 0. The first kappa shape index (κ1) is 19.0. The van der Waals surface area contributed by atoms with Gasteiger partial charge < -0.3 is 0 Å². The fourth-order valence-electron chi connectivity index (χ4n) is 3.18. The van der Waals surface area contributed by atoms with Crippen molar-refractivity contribution in [1.29, 1.82) is 0 Å². The Labute approximate surface area is 160 Å². The minimum atomic E-state index is -0.797. The van der Waals surface area contributed by atoms with Crippen molar-refractivity contribution in [2.45, 2.75) is 33.1 Å². The quantitative estimate of drug-likeness (QED) is 0.402. The van der Waals surface area contributed by atoms with Gasteiger partial charge in [0.15, 0.2) is 11.6 Å². The molecule has 0 heterocycles. The number of allylic oxidation sites excluding steroid dienone is 2. The maximum Gasteiger partial charge on any atom is 0.167 e. The van der Waals surface area contributed by atoms with Gasteiger partial charge in [-0.2, -0.15) is 0 Å². The molecule has 0 nitrogen and oxygen atoms in total. The average molecular weight is 362 g/mol. The molecule has 138 valence electrons. The van der Waals surface area contributed by atoms with Gasteiger partial charge in [-0.1, -0.05) is 79.7 Å². The van der Waals surface area contributed by atoms with Crippen molar-refractivity contribution in [1.82, 2.24) is 0 Å². The van der Waals surface area contributed by atoms with Crippen LogP contribution in [0.25, 0.3) is 22.3 Å². The van der Waals surface area contributed by atoms with Crippen LogP contribution >= 0.6 is 0 Å². The van der Waals surface area contributed by atoms with Crippen molar-refractivity contribution in [2.24, 2.45) is 0 Å². The molecule has 0 unspecified atom stereocenters. The third kappa shape index (κ3) is 4.33. The Morgan fingerprint density at radius 2 is 1.19 bits per heavy atom. The Bertz CT molecular complexity index is 920. The molecule has 27 heavy (non-hydrogen) atoms. The monoisotopic (exact) mass is 362 g/mol. The number of hydrogen-bond donors (Lipinski definition) is 0. The summed E-state index contributed by atoms with van der Waals surface area (Å²) in [5, 5.41) is 0. The lowest BCUT2D eigenvalue weighted by molar-refractivity contribution is 0.514. The highest BCUT2D eigenvalue weighted by molar-refractivity contribution is 5.72. The average Bonchev–Trinajstić information content (AvgIpc) is 2.71. The molecule has 0 saturated heterocycles. The second-order valence-electron chi connectivity index (χ2n) is 6.64. The summed E-state index contributed by atoms with van der Waals surface area (Å²) in [6, 6.07) is 18.6. The van der Waals surface area contributed by atoms with Gasteiger partial charge in [-0.3, -0.25) is 0 Å². The Hall–Kier alpha value is -2.74. The van der Waals surface area contributed by atoms with E-state index < -0.39 is 11.6 Å². The molecule has 0 bridgehead atoms. The smallest absolute Gasteiger partial charge is 0.167 e. The van der Waals surface area contributed by atoms with Gasteiger partial charge in [0.05, 0.1) is 0 Å². The summed E-state index contributed by atoms with van der Waals surface area (Å²) >= 11 is 0. The molecule has 0 amide bonds. The van der Waals surface area contributed by atoms with Gasteiger partial charge >= 0.3 is 0 Å². The molecule has 3 rings (SSSR count). The summed E-state index contributed by atoms with van der Waals surface area (Å²) in [6.45, 7) is 4.07. The summed E-state index contributed by atoms with van der Waals surface area (Å²) in [5.41, 5.74) is 4.32. The molecule has 0 N–H and O–H groups in total. The van der Waals surface area contributed by atoms with Gasteiger partial charge in [-0.15, -0.1) is 0 Å². The molecule has 0 atom stereocenters. The maximum absolute atomic E-state index is 14.7. The summed E-state index contributed by atoms with van der Waals surface area (Å²) in [7, 11) is 0. The van der Waals surface area contributed by atoms with Gasteiger partial charge in [0.2, 0.25) is 0 Å². The van der Waals surface area contributed by atoms with E-state index in [9.17, 15) is 8.78 Å². The van der Waals surface area contributed by atoms with E-state index in [1.54, 1.807) is 12.1 Å². The van der Waals surface area contributed by atoms with Crippen LogP contribution in [0.3, 0.4) is 0 Å². The van der Waals surface area contributed by atoms with Gasteiger partial charge in [-0.05, 0) is 48.4 Å². The van der Waals surface area contributed by atoms with Crippen LogP contribution in [-0.4, -0.2) is 0 Å². The number of halogens is 2. The Morgan fingerprint density at radius 1 is 0.704 bits per heavy atom. The fraction of sp³-hybridized carbons (Fsp3) is 0.200. The molecular weight excluding hydrogens is 338 g/mol. The Balaban J connectivity index is 1.88. The van der Waals surface area contributed by atoms with Crippen LogP contribution in [0.2, 0.25) is 0 Å². The third-order valence-corrected chi connectivity index (χ3v) is 4.86. The highest BCUT2D eigenvalue weighted by Crippen LogP contribution is 2.31. The van der Waals surface area contributed by atoms with E-state index >= 15 is 0 Å². The molecule has 0 saturated carbocycles. The zero-order valence-corrected chi connectivity index (χ0v) is 15.8. The first-order valence-corrected chi connectivity index (χ1v) is 9.41. The summed E-state index contributed by atoms with van der Waals surface area (Å²) in [6.07, 6.45) is 6.98. The molecule has 3 aromatic carbocycles. The van der Waals surface area contributed by atoms with Crippen LogP contribution in [0, 0.1) is 11.6 Å². The van der Waals surface area contributed by atoms with Gasteiger partial charge in [0.1, 0.15) is 0 Å². The standard InChI is InChI=1S/C25H24F2/c1-3-5-6-7-19-10-14-21(15-11-19)23-17-16-22(24(26)25(23)27)20-12-8-18(4-2)9-13-20/h3,5,8-17H,4,6-7H2,1-2H3/b5-3+. The molecule has 0 aromatic heterocycles. The van der Waals surface area contributed by atoms with Crippen molar-refractivity contribution >= 4 is 0 Å². The second kappa shape index (κ2) is 8.77. The predicted molar refractivity (Wildman–Crippen MR) is 110 cm³/mol. The van der Waals surface area contributed by atoms with E-state index in [0.29, 0.717) is 22.3 Å². The molecular formula is C25H24F2. The largest absolute Gasteiger partial charge is 0.203 e. The van der Waals surface area contributed by atoms with Gasteiger partial charge in [0, 0.05) is 11.1 Å². The van der Waals surface area contributed by atoms with Crippen LogP contribution in [0.4, 0.5) is 8.78 Å². The van der Waals surface area contributed by atoms with E-state index in [2.05, 4.69) is 13.0 Å². The molecule has 0 radical (unpaired) electrons. The van der Waals surface area contributed by atoms with E-state index in [4.69, 9.17) is 0 Å². The van der Waals surface area contributed by atoms with Crippen LogP contribution in [0.15, 0.2) is 72.8 Å². The lowest BCUT2D eigenvalue weighted by atomic mass is 9.97. The minimum absolute atomic E-state index is 0.293. The van der Waals surface area contributed by atoms with E-state index in [0.717, 1.165) is 19.3 Å². The summed E-state index contributed by atoms with van der Waals surface area (Å²) in [5.74, 6) is -1.59. The van der Waals surface area contributed by atoms with Crippen LogP contribution in [0.1, 0.15) is 31.4 Å². The van der Waals surface area contributed by atoms with Gasteiger partial charge in [0.25, 0.3) is 0 Å². The van der Waals surface area contributed by atoms with Crippen LogP contribution in [-0.2, 0) is 12.8 Å². The predicted octanol–water partition coefficient (Wildman–Crippen LogP) is 7.37. The van der Waals surface area contributed by atoms with Crippen molar-refractivity contribution in [3.8, 4) is 22.3 Å². The SMILES string of the molecule is C/C=C/CCc1ccc(-c2ccc(-c3ccc(CC)cc3)c(F)c2F)cc1. The topological polar surface area (TPSA) is 0 Å². The number of rotatable bonds is 6. The van der Waals surface area contributed by atoms with E-state index in [1.807, 2.05) is 61.5 Å². The molecule has 0 aliphatic carbocycles. The lowest BCUT2D eigenvalue weighted by Crippen LogP contribution is -1.94. The van der Waals surface area contributed by atoms with Crippen molar-refractivity contribution in [3.63, 3.8) is 0 Å². The molecule has 0 aliphatic heterocycles. The third-order valence-electron chi connectivity index (χ3n) is 4.86. The molecule has 0 fully saturated rings. The zero-order valence-electron chi connectivity index (χ0n) is 15.8. The molecule has 3 aromatic rings. The zero-order chi connectivity index (χ0) is 19.2. The maximum atomic E-state index is 14.7. The highest BCUT2D eigenvalue weighted by atomic mass is 19.2. The van der Waals surface area contributed by atoms with Crippen molar-refractivity contribution in [2.75, 3.05) is 0 Å². The van der Waals surface area contributed by atoms with E-state index in [1.165, 1.54) is 11.1 Å². The summed E-state index contributed by atoms with van der Waals surface area (Å²) < 4.78 is 29.5. The first-order chi connectivity index (χ1) is 13.1. The Kier molecular flexibility index (Phi) is 6.18. The molecule has 0 spiro atoms. The number of aryl methyl sites for hydroxylation is 2. The van der Waals surface area contributed by atoms with Crippen molar-refractivity contribution in [3.05, 3.63) is 95.6 Å². The normalized spacial score (nSPS) is 11.3. The minimum Gasteiger partial charge on any atom is -0.203 e.